The van der Waals surface area contributed by atoms with E-state index in [0.29, 0.717) is 25.3 Å². The van der Waals surface area contributed by atoms with Crippen molar-refractivity contribution in [3.8, 4) is 0 Å². The summed E-state index contributed by atoms with van der Waals surface area (Å²) in [5, 5.41) is 3.18. The number of likely N-dealkylation sites (tertiary alicyclic amines) is 1. The van der Waals surface area contributed by atoms with Crippen LogP contribution in [0.4, 0.5) is 0 Å². The maximum atomic E-state index is 13.4. The lowest BCUT2D eigenvalue weighted by atomic mass is 9.92. The van der Waals surface area contributed by atoms with Gasteiger partial charge in [0.25, 0.3) is 0 Å². The topological polar surface area (TPSA) is 95.6 Å². The number of amides is 2. The van der Waals surface area contributed by atoms with Crippen molar-refractivity contribution in [1.29, 1.82) is 0 Å². The minimum Gasteiger partial charge on any atom is -0.353 e. The van der Waals surface area contributed by atoms with Crippen LogP contribution in [0.5, 0.6) is 0 Å². The van der Waals surface area contributed by atoms with Crippen LogP contribution in [-0.4, -0.2) is 62.3 Å². The van der Waals surface area contributed by atoms with Crippen molar-refractivity contribution in [2.24, 2.45) is 5.92 Å². The zero-order valence-corrected chi connectivity index (χ0v) is 21.3. The number of carbonyl (C=O) groups excluding carboxylic acids is 2. The first-order valence-corrected chi connectivity index (χ1v) is 14.8. The number of rotatable bonds is 9. The monoisotopic (exact) mass is 495 g/mol. The number of carbonyl (C=O) groups is 2. The number of piperidine rings is 1. The Bertz CT molecular complexity index is 899. The van der Waals surface area contributed by atoms with Crippen LogP contribution in [0.15, 0.2) is 29.2 Å². The molecule has 1 heterocycles. The van der Waals surface area contributed by atoms with E-state index in [0.717, 1.165) is 44.1 Å². The highest BCUT2D eigenvalue weighted by molar-refractivity contribution is 7.98. The molecular weight excluding hydrogens is 458 g/mol. The van der Waals surface area contributed by atoms with Crippen molar-refractivity contribution in [1.82, 2.24) is 14.9 Å². The predicted octanol–water partition coefficient (Wildman–Crippen LogP) is 3.08. The smallest absolute Gasteiger partial charge is 0.241 e. The Morgan fingerprint density at radius 3 is 2.45 bits per heavy atom. The van der Waals surface area contributed by atoms with Crippen LogP contribution in [0, 0.1) is 12.8 Å². The predicted molar refractivity (Wildman–Crippen MR) is 133 cm³/mol. The van der Waals surface area contributed by atoms with Gasteiger partial charge in [-0.3, -0.25) is 9.59 Å². The Balaban J connectivity index is 1.66. The molecule has 1 saturated carbocycles. The summed E-state index contributed by atoms with van der Waals surface area (Å²) >= 11 is 1.57. The van der Waals surface area contributed by atoms with E-state index in [1.54, 1.807) is 40.9 Å². The number of hydrogen-bond donors (Lipinski definition) is 2. The summed E-state index contributed by atoms with van der Waals surface area (Å²) in [6.07, 6.45) is 9.42. The molecule has 0 bridgehead atoms. The third kappa shape index (κ3) is 7.45. The zero-order chi connectivity index (χ0) is 23.8. The summed E-state index contributed by atoms with van der Waals surface area (Å²) in [4.78, 5) is 28.1. The fourth-order valence-corrected chi connectivity index (χ4v) is 6.31. The molecular formula is C24H37N3O4S2. The van der Waals surface area contributed by atoms with Gasteiger partial charge in [0.05, 0.1) is 10.8 Å². The van der Waals surface area contributed by atoms with Gasteiger partial charge >= 0.3 is 0 Å². The van der Waals surface area contributed by atoms with Gasteiger partial charge in [0.2, 0.25) is 21.8 Å². The van der Waals surface area contributed by atoms with Gasteiger partial charge in [-0.25, -0.2) is 8.42 Å². The van der Waals surface area contributed by atoms with E-state index in [9.17, 15) is 18.0 Å². The van der Waals surface area contributed by atoms with Crippen molar-refractivity contribution in [2.75, 3.05) is 25.1 Å². The number of thioether (sulfide) groups is 1. The van der Waals surface area contributed by atoms with Crippen molar-refractivity contribution in [3.05, 3.63) is 29.8 Å². The molecule has 2 N–H and O–H groups in total. The molecule has 1 aliphatic carbocycles. The van der Waals surface area contributed by atoms with Crippen LogP contribution < -0.4 is 10.0 Å². The Morgan fingerprint density at radius 2 is 1.79 bits per heavy atom. The molecule has 1 aromatic carbocycles. The van der Waals surface area contributed by atoms with Gasteiger partial charge in [0.1, 0.15) is 6.04 Å². The van der Waals surface area contributed by atoms with Crippen molar-refractivity contribution >= 4 is 33.6 Å². The molecule has 1 saturated heterocycles. The molecule has 184 valence electrons. The minimum atomic E-state index is -3.83. The van der Waals surface area contributed by atoms with Crippen LogP contribution in [0.2, 0.25) is 0 Å². The first kappa shape index (κ1) is 26.0. The van der Waals surface area contributed by atoms with E-state index < -0.39 is 16.1 Å². The molecule has 0 aromatic heterocycles. The standard InChI is InChI=1S/C24H37N3O4S2/c1-18-10-12-21(13-11-18)33(30,31)26-22(14-16-32-2)24(29)27-15-6-7-19(17-27)23(28)25-20-8-4-3-5-9-20/h10-13,19-20,22,26H,3-9,14-17H2,1-2H3,(H,25,28). The summed E-state index contributed by atoms with van der Waals surface area (Å²) in [5.41, 5.74) is 0.967. The van der Waals surface area contributed by atoms with E-state index >= 15 is 0 Å². The lowest BCUT2D eigenvalue weighted by Crippen LogP contribution is -2.53. The number of sulfonamides is 1. The Kier molecular flexibility index (Phi) is 9.64. The zero-order valence-electron chi connectivity index (χ0n) is 19.7. The second kappa shape index (κ2) is 12.2. The van der Waals surface area contributed by atoms with Crippen LogP contribution in [0.3, 0.4) is 0 Å². The number of nitrogens with one attached hydrogen (secondary N) is 2. The first-order valence-electron chi connectivity index (χ1n) is 12.0. The highest BCUT2D eigenvalue weighted by Crippen LogP contribution is 2.22. The van der Waals surface area contributed by atoms with Gasteiger partial charge in [-0.05, 0) is 63.2 Å². The molecule has 0 spiro atoms. The Hall–Kier alpha value is -1.58. The molecule has 1 aliphatic heterocycles. The van der Waals surface area contributed by atoms with Gasteiger partial charge in [0.15, 0.2) is 0 Å². The molecule has 3 rings (SSSR count). The van der Waals surface area contributed by atoms with Gasteiger partial charge in [-0.15, -0.1) is 0 Å². The van der Waals surface area contributed by atoms with Crippen LogP contribution >= 0.6 is 11.8 Å². The minimum absolute atomic E-state index is 0.0281. The van der Waals surface area contributed by atoms with Gasteiger partial charge < -0.3 is 10.2 Å². The lowest BCUT2D eigenvalue weighted by Gasteiger charge is -2.35. The molecule has 33 heavy (non-hydrogen) atoms. The summed E-state index contributed by atoms with van der Waals surface area (Å²) in [6, 6.07) is 6.00. The third-order valence-corrected chi connectivity index (χ3v) is 8.72. The van der Waals surface area contributed by atoms with Gasteiger partial charge in [-0.2, -0.15) is 16.5 Å². The molecule has 2 atom stereocenters. The SMILES string of the molecule is CSCCC(NS(=O)(=O)c1ccc(C)cc1)C(=O)N1CCCC(C(=O)NC2CCCCC2)C1. The molecule has 2 fully saturated rings. The summed E-state index contributed by atoms with van der Waals surface area (Å²) in [7, 11) is -3.83. The van der Waals surface area contributed by atoms with Crippen LogP contribution in [0.1, 0.15) is 56.9 Å². The summed E-state index contributed by atoms with van der Waals surface area (Å²) in [5.74, 6) is 0.210. The van der Waals surface area contributed by atoms with E-state index in [1.807, 2.05) is 13.2 Å². The van der Waals surface area contributed by atoms with Crippen LogP contribution in [-0.2, 0) is 19.6 Å². The maximum Gasteiger partial charge on any atom is 0.241 e. The van der Waals surface area contributed by atoms with E-state index in [4.69, 9.17) is 0 Å². The van der Waals surface area contributed by atoms with E-state index in [2.05, 4.69) is 10.0 Å². The molecule has 2 amide bonds. The molecule has 2 aliphatic rings. The number of hydrogen-bond acceptors (Lipinski definition) is 5. The molecule has 7 nitrogen and oxygen atoms in total. The maximum absolute atomic E-state index is 13.4. The highest BCUT2D eigenvalue weighted by atomic mass is 32.2. The molecule has 9 heteroatoms. The van der Waals surface area contributed by atoms with Crippen molar-refractivity contribution in [2.45, 2.75) is 75.3 Å². The largest absolute Gasteiger partial charge is 0.353 e. The third-order valence-electron chi connectivity index (χ3n) is 6.59. The molecule has 0 radical (unpaired) electrons. The first-order chi connectivity index (χ1) is 15.8. The normalized spacial score (nSPS) is 20.9. The summed E-state index contributed by atoms with van der Waals surface area (Å²) in [6.45, 7) is 2.79. The van der Waals surface area contributed by atoms with Gasteiger partial charge in [-0.1, -0.05) is 37.0 Å². The lowest BCUT2D eigenvalue weighted by molar-refractivity contribution is -0.137. The molecule has 1 aromatic rings. The fourth-order valence-electron chi connectivity index (χ4n) is 4.62. The van der Waals surface area contributed by atoms with Crippen molar-refractivity contribution < 1.29 is 18.0 Å². The second-order valence-electron chi connectivity index (χ2n) is 9.24. The second-order valence-corrected chi connectivity index (χ2v) is 11.9. The van der Waals surface area contributed by atoms with Crippen molar-refractivity contribution in [3.63, 3.8) is 0 Å². The number of aryl methyl sites for hydroxylation is 1. The average Bonchev–Trinajstić information content (AvgIpc) is 2.82. The molecule has 2 unspecified atom stereocenters. The Labute approximate surface area is 202 Å². The Morgan fingerprint density at radius 1 is 1.09 bits per heavy atom. The summed E-state index contributed by atoms with van der Waals surface area (Å²) < 4.78 is 28.5. The van der Waals surface area contributed by atoms with Gasteiger partial charge in [0, 0.05) is 19.1 Å². The fraction of sp³-hybridized carbons (Fsp3) is 0.667. The number of benzene rings is 1. The van der Waals surface area contributed by atoms with E-state index in [1.165, 1.54) is 6.42 Å². The average molecular weight is 496 g/mol. The van der Waals surface area contributed by atoms with E-state index in [-0.39, 0.29) is 28.7 Å². The number of nitrogens with zero attached hydrogens (tertiary/aromatic N) is 1. The highest BCUT2D eigenvalue weighted by Gasteiger charge is 2.34. The van der Waals surface area contributed by atoms with Crippen LogP contribution in [0.25, 0.3) is 0 Å². The quantitative estimate of drug-likeness (QED) is 0.549.